The number of rotatable bonds is 5. The lowest BCUT2D eigenvalue weighted by Crippen LogP contribution is -2.46. The first kappa shape index (κ1) is 20.5. The van der Waals surface area contributed by atoms with E-state index < -0.39 is 5.24 Å². The van der Waals surface area contributed by atoms with Crippen molar-refractivity contribution in [2.75, 3.05) is 42.9 Å². The van der Waals surface area contributed by atoms with E-state index in [0.717, 1.165) is 38.5 Å². The number of hydrogen-bond donors (Lipinski definition) is 1. The normalized spacial score (nSPS) is 14.6. The Morgan fingerprint density at radius 2 is 1.96 bits per heavy atom. The second-order valence-electron chi connectivity index (χ2n) is 5.51. The number of carbonyl (C=O) groups is 1. The number of likely N-dealkylation sites (N-methyl/N-ethyl adjacent to an activating group) is 1. The van der Waals surface area contributed by atoms with Gasteiger partial charge in [0.05, 0.1) is 6.20 Å². The molecule has 1 fully saturated rings. The Morgan fingerprint density at radius 1 is 1.27 bits per heavy atom. The summed E-state index contributed by atoms with van der Waals surface area (Å²) in [5, 5.41) is 3.20. The largest absolute Gasteiger partial charge is 0.354 e. The molecule has 0 atom stereocenters. The van der Waals surface area contributed by atoms with Gasteiger partial charge >= 0.3 is 0 Å². The van der Waals surface area contributed by atoms with Crippen LogP contribution in [0.15, 0.2) is 12.3 Å². The maximum atomic E-state index is 11.1. The molecule has 0 aromatic carbocycles. The van der Waals surface area contributed by atoms with Gasteiger partial charge in [0.2, 0.25) is 0 Å². The molecule has 0 bridgehead atoms. The Morgan fingerprint density at radius 3 is 2.54 bits per heavy atom. The van der Waals surface area contributed by atoms with Crippen LogP contribution < -0.4 is 10.2 Å². The van der Waals surface area contributed by atoms with Gasteiger partial charge in [0, 0.05) is 32.2 Å². The third-order valence-corrected chi connectivity index (χ3v) is 5.13. The summed E-state index contributed by atoms with van der Waals surface area (Å²) in [6.45, 7) is 13.1. The van der Waals surface area contributed by atoms with E-state index in [1.807, 2.05) is 26.8 Å². The molecule has 1 aliphatic heterocycles. The van der Waals surface area contributed by atoms with E-state index in [1.165, 1.54) is 17.5 Å². The fourth-order valence-corrected chi connectivity index (χ4v) is 3.42. The Kier molecular flexibility index (Phi) is 7.74. The summed E-state index contributed by atoms with van der Waals surface area (Å²) in [6, 6.07) is 1.91. The van der Waals surface area contributed by atoms with E-state index >= 15 is 0 Å². The maximum absolute atomic E-state index is 11.1. The number of aromatic nitrogens is 3. The predicted octanol–water partition coefficient (Wildman–Crippen LogP) is 3.53. The number of carbonyl (C=O) groups excluding carboxylic acids is 1. The third kappa shape index (κ3) is 5.36. The molecule has 0 spiro atoms. The zero-order chi connectivity index (χ0) is 19.1. The lowest BCUT2D eigenvalue weighted by atomic mass is 10.3. The first-order valence-electron chi connectivity index (χ1n) is 8.81. The van der Waals surface area contributed by atoms with Crippen LogP contribution in [0.25, 0.3) is 0 Å². The third-order valence-electron chi connectivity index (χ3n) is 3.90. The SMILES string of the molecule is CC.CCN1CCN(c2cc(Nc3ncc(C(=O)Cl)s3)nc(C)n2)CC1. The van der Waals surface area contributed by atoms with Gasteiger partial charge in [-0.15, -0.1) is 0 Å². The van der Waals surface area contributed by atoms with E-state index in [1.54, 1.807) is 0 Å². The summed E-state index contributed by atoms with van der Waals surface area (Å²) in [7, 11) is 0. The van der Waals surface area contributed by atoms with Crippen molar-refractivity contribution in [3.8, 4) is 0 Å². The van der Waals surface area contributed by atoms with Crippen LogP contribution in [0.4, 0.5) is 16.8 Å². The highest BCUT2D eigenvalue weighted by Crippen LogP contribution is 2.25. The second kappa shape index (κ2) is 9.80. The van der Waals surface area contributed by atoms with Crippen molar-refractivity contribution in [2.45, 2.75) is 27.7 Å². The van der Waals surface area contributed by atoms with Crippen molar-refractivity contribution < 1.29 is 4.79 Å². The van der Waals surface area contributed by atoms with Crippen LogP contribution in [0.2, 0.25) is 0 Å². The molecule has 1 N–H and O–H groups in total. The van der Waals surface area contributed by atoms with E-state index in [4.69, 9.17) is 11.6 Å². The smallest absolute Gasteiger partial charge is 0.264 e. The molecule has 0 unspecified atom stereocenters. The monoisotopic (exact) mass is 396 g/mol. The number of aryl methyl sites for hydroxylation is 1. The highest BCUT2D eigenvalue weighted by Gasteiger charge is 2.18. The van der Waals surface area contributed by atoms with Crippen molar-refractivity contribution in [3.05, 3.63) is 23.0 Å². The van der Waals surface area contributed by atoms with Crippen LogP contribution in [-0.4, -0.2) is 57.8 Å². The van der Waals surface area contributed by atoms with Crippen LogP contribution >= 0.6 is 22.9 Å². The van der Waals surface area contributed by atoms with Crippen molar-refractivity contribution >= 4 is 44.9 Å². The lowest BCUT2D eigenvalue weighted by molar-refractivity contribution is 0.108. The molecular weight excluding hydrogens is 372 g/mol. The fourth-order valence-electron chi connectivity index (χ4n) is 2.60. The Labute approximate surface area is 163 Å². The first-order chi connectivity index (χ1) is 12.5. The van der Waals surface area contributed by atoms with Gasteiger partial charge in [-0.05, 0) is 25.1 Å². The average Bonchev–Trinajstić information content (AvgIpc) is 3.12. The van der Waals surface area contributed by atoms with Crippen molar-refractivity contribution in [1.29, 1.82) is 0 Å². The molecule has 2 aromatic rings. The van der Waals surface area contributed by atoms with Gasteiger partial charge in [0.1, 0.15) is 22.3 Å². The van der Waals surface area contributed by atoms with Crippen LogP contribution in [0.1, 0.15) is 36.3 Å². The summed E-state index contributed by atoms with van der Waals surface area (Å²) in [4.78, 5) is 29.3. The number of thiazole rings is 1. The number of piperazine rings is 1. The number of nitrogens with one attached hydrogen (secondary N) is 1. The molecule has 0 aliphatic carbocycles. The quantitative estimate of drug-likeness (QED) is 0.774. The molecule has 2 aromatic heterocycles. The minimum absolute atomic E-state index is 0.404. The number of nitrogens with zero attached hydrogens (tertiary/aromatic N) is 5. The molecule has 0 saturated carbocycles. The fraction of sp³-hybridized carbons (Fsp3) is 0.529. The van der Waals surface area contributed by atoms with Crippen LogP contribution in [0.3, 0.4) is 0 Å². The maximum Gasteiger partial charge on any atom is 0.264 e. The Bertz CT molecular complexity index is 730. The molecular formula is C17H25ClN6OS. The zero-order valence-electron chi connectivity index (χ0n) is 15.6. The summed E-state index contributed by atoms with van der Waals surface area (Å²) in [5.41, 5.74) is 0. The summed E-state index contributed by atoms with van der Waals surface area (Å²) in [5.74, 6) is 2.27. The van der Waals surface area contributed by atoms with Crippen molar-refractivity contribution in [3.63, 3.8) is 0 Å². The van der Waals surface area contributed by atoms with E-state index in [9.17, 15) is 4.79 Å². The molecule has 142 valence electrons. The highest BCUT2D eigenvalue weighted by molar-refractivity contribution is 7.19. The lowest BCUT2D eigenvalue weighted by Gasteiger charge is -2.34. The zero-order valence-corrected chi connectivity index (χ0v) is 17.2. The van der Waals surface area contributed by atoms with Gasteiger partial charge in [0.25, 0.3) is 5.24 Å². The van der Waals surface area contributed by atoms with E-state index in [2.05, 4.69) is 37.0 Å². The van der Waals surface area contributed by atoms with Crippen LogP contribution in [-0.2, 0) is 0 Å². The average molecular weight is 397 g/mol. The number of hydrogen-bond acceptors (Lipinski definition) is 8. The topological polar surface area (TPSA) is 74.2 Å². The van der Waals surface area contributed by atoms with Crippen molar-refractivity contribution in [1.82, 2.24) is 19.9 Å². The van der Waals surface area contributed by atoms with E-state index in [0.29, 0.717) is 21.7 Å². The van der Waals surface area contributed by atoms with Gasteiger partial charge in [0.15, 0.2) is 5.13 Å². The van der Waals surface area contributed by atoms with Gasteiger partial charge in [-0.1, -0.05) is 32.1 Å². The summed E-state index contributed by atoms with van der Waals surface area (Å²) < 4.78 is 0. The second-order valence-corrected chi connectivity index (χ2v) is 6.88. The van der Waals surface area contributed by atoms with Gasteiger partial charge < -0.3 is 15.1 Å². The Hall–Kier alpha value is -1.77. The van der Waals surface area contributed by atoms with Gasteiger partial charge in [-0.25, -0.2) is 15.0 Å². The molecule has 0 amide bonds. The standard InChI is InChI=1S/C15H19ClN6OS.C2H6/c1-3-21-4-6-22(7-5-21)13-8-12(18-10(2)19-13)20-15-17-9-11(24-15)14(16)23;1-2/h8-9H,3-7H2,1-2H3,(H,17,18,19,20);1-2H3. The number of halogens is 1. The van der Waals surface area contributed by atoms with Crippen LogP contribution in [0, 0.1) is 6.92 Å². The molecule has 0 radical (unpaired) electrons. The minimum Gasteiger partial charge on any atom is -0.354 e. The molecule has 1 saturated heterocycles. The van der Waals surface area contributed by atoms with Crippen LogP contribution in [0.5, 0.6) is 0 Å². The molecule has 26 heavy (non-hydrogen) atoms. The van der Waals surface area contributed by atoms with Crippen molar-refractivity contribution in [2.24, 2.45) is 0 Å². The molecule has 7 nitrogen and oxygen atoms in total. The summed E-state index contributed by atoms with van der Waals surface area (Å²) >= 11 is 6.66. The highest BCUT2D eigenvalue weighted by atomic mass is 35.5. The molecule has 9 heteroatoms. The summed E-state index contributed by atoms with van der Waals surface area (Å²) in [6.07, 6.45) is 1.46. The minimum atomic E-state index is -0.506. The molecule has 1 aliphatic rings. The van der Waals surface area contributed by atoms with E-state index in [-0.39, 0.29) is 0 Å². The molecule has 3 rings (SSSR count). The van der Waals surface area contributed by atoms with Gasteiger partial charge in [-0.3, -0.25) is 4.79 Å². The number of anilines is 3. The predicted molar refractivity (Wildman–Crippen MR) is 108 cm³/mol. The first-order valence-corrected chi connectivity index (χ1v) is 10.00. The Balaban J connectivity index is 0.00000117. The van der Waals surface area contributed by atoms with Gasteiger partial charge in [-0.2, -0.15) is 0 Å². The molecule has 3 heterocycles.